The molecule has 1 aromatic heterocycles. The average molecular weight is 476 g/mol. The fourth-order valence-corrected chi connectivity index (χ4v) is 4.15. The van der Waals surface area contributed by atoms with E-state index in [2.05, 4.69) is 21.3 Å². The van der Waals surface area contributed by atoms with Crippen LogP contribution in [0.15, 0.2) is 72.9 Å². The van der Waals surface area contributed by atoms with E-state index in [0.29, 0.717) is 30.6 Å². The minimum atomic E-state index is 0.134. The summed E-state index contributed by atoms with van der Waals surface area (Å²) >= 11 is 5.80. The van der Waals surface area contributed by atoms with Crippen LogP contribution in [0.5, 0.6) is 17.2 Å². The molecule has 0 amide bonds. The van der Waals surface area contributed by atoms with Crippen LogP contribution in [0.25, 0.3) is 10.9 Å². The summed E-state index contributed by atoms with van der Waals surface area (Å²) in [5.74, 6) is 1.44. The lowest BCUT2D eigenvalue weighted by atomic mass is 10.1. The number of aromatic hydroxyl groups is 1. The number of phenolic OH excluding ortho intramolecular Hbond substituents is 1. The van der Waals surface area contributed by atoms with Crippen molar-refractivity contribution in [3.05, 3.63) is 84.1 Å². The lowest BCUT2D eigenvalue weighted by Gasteiger charge is -2.26. The maximum Gasteiger partial charge on any atom is 0.173 e. The quantitative estimate of drug-likeness (QED) is 0.269. The number of fused-ring (bicyclic) bond motifs is 1. The Balaban J connectivity index is 1.56. The number of para-hydroxylation sites is 1. The molecule has 7 heteroatoms. The van der Waals surface area contributed by atoms with E-state index in [4.69, 9.17) is 21.7 Å². The van der Waals surface area contributed by atoms with Crippen molar-refractivity contribution < 1.29 is 14.6 Å². The largest absolute Gasteiger partial charge is 0.504 e. The number of methoxy groups -OCH3 is 1. The molecule has 0 radical (unpaired) electrons. The number of benzene rings is 3. The smallest absolute Gasteiger partial charge is 0.173 e. The lowest BCUT2D eigenvalue weighted by Crippen LogP contribution is -2.35. The summed E-state index contributed by atoms with van der Waals surface area (Å²) < 4.78 is 11.0. The van der Waals surface area contributed by atoms with Crippen LogP contribution < -0.4 is 14.8 Å². The molecule has 4 aromatic rings. The first-order chi connectivity index (χ1) is 16.6. The third kappa shape index (κ3) is 5.61. The van der Waals surface area contributed by atoms with Crippen molar-refractivity contribution in [3.8, 4) is 17.2 Å². The van der Waals surface area contributed by atoms with E-state index in [1.54, 1.807) is 13.2 Å². The van der Waals surface area contributed by atoms with E-state index >= 15 is 0 Å². The number of aromatic amines is 1. The Morgan fingerprint density at radius 2 is 1.91 bits per heavy atom. The molecule has 3 aromatic carbocycles. The van der Waals surface area contributed by atoms with Gasteiger partial charge in [0.05, 0.1) is 13.7 Å². The predicted molar refractivity (Wildman–Crippen MR) is 141 cm³/mol. The highest BCUT2D eigenvalue weighted by Gasteiger charge is 2.15. The van der Waals surface area contributed by atoms with Crippen molar-refractivity contribution in [3.63, 3.8) is 0 Å². The van der Waals surface area contributed by atoms with Gasteiger partial charge in [-0.05, 0) is 79.2 Å². The first-order valence-electron chi connectivity index (χ1n) is 11.3. The third-order valence-corrected chi connectivity index (χ3v) is 6.00. The predicted octanol–water partition coefficient (Wildman–Crippen LogP) is 5.72. The Labute approximate surface area is 205 Å². The van der Waals surface area contributed by atoms with Crippen LogP contribution in [-0.4, -0.2) is 40.4 Å². The lowest BCUT2D eigenvalue weighted by molar-refractivity contribution is 0.317. The number of nitrogens with one attached hydrogen (secondary N) is 2. The first-order valence-corrected chi connectivity index (χ1v) is 11.7. The van der Waals surface area contributed by atoms with Gasteiger partial charge in [0, 0.05) is 35.9 Å². The van der Waals surface area contributed by atoms with E-state index < -0.39 is 0 Å². The second kappa shape index (κ2) is 10.9. The van der Waals surface area contributed by atoms with Crippen molar-refractivity contribution in [1.29, 1.82) is 0 Å². The summed E-state index contributed by atoms with van der Waals surface area (Å²) in [7, 11) is 1.68. The Bertz CT molecular complexity index is 1260. The van der Waals surface area contributed by atoms with Gasteiger partial charge in [-0.25, -0.2) is 0 Å². The zero-order valence-corrected chi connectivity index (χ0v) is 20.2. The van der Waals surface area contributed by atoms with Gasteiger partial charge in [0.15, 0.2) is 16.6 Å². The number of anilines is 1. The van der Waals surface area contributed by atoms with Gasteiger partial charge >= 0.3 is 0 Å². The fourth-order valence-electron chi connectivity index (χ4n) is 3.87. The Morgan fingerprint density at radius 3 is 2.68 bits per heavy atom. The second-order valence-electron chi connectivity index (χ2n) is 7.93. The SMILES string of the molecule is CCOc1cc(CN(CCc2c[nH]c3ccc(OC)cc23)C(=S)Nc2ccccc2)ccc1O. The van der Waals surface area contributed by atoms with Gasteiger partial charge < -0.3 is 29.8 Å². The maximum absolute atomic E-state index is 10.1. The topological polar surface area (TPSA) is 69.8 Å². The van der Waals surface area contributed by atoms with Crippen LogP contribution in [0.1, 0.15) is 18.1 Å². The summed E-state index contributed by atoms with van der Waals surface area (Å²) in [6.07, 6.45) is 2.84. The minimum Gasteiger partial charge on any atom is -0.504 e. The number of hydrogen-bond donors (Lipinski definition) is 3. The molecular weight excluding hydrogens is 446 g/mol. The first kappa shape index (κ1) is 23.4. The highest BCUT2D eigenvalue weighted by molar-refractivity contribution is 7.80. The highest BCUT2D eigenvalue weighted by Crippen LogP contribution is 2.28. The third-order valence-electron chi connectivity index (χ3n) is 5.64. The molecule has 0 atom stereocenters. The van der Waals surface area contributed by atoms with E-state index in [0.717, 1.165) is 34.3 Å². The van der Waals surface area contributed by atoms with Crippen molar-refractivity contribution in [2.24, 2.45) is 0 Å². The molecule has 0 bridgehead atoms. The van der Waals surface area contributed by atoms with Crippen LogP contribution in [0.2, 0.25) is 0 Å². The second-order valence-corrected chi connectivity index (χ2v) is 8.31. The number of rotatable bonds is 9. The number of H-pyrrole nitrogens is 1. The monoisotopic (exact) mass is 475 g/mol. The van der Waals surface area contributed by atoms with Crippen molar-refractivity contribution >= 4 is 33.9 Å². The molecule has 0 saturated heterocycles. The molecule has 4 rings (SSSR count). The summed E-state index contributed by atoms with van der Waals surface area (Å²) in [5.41, 5.74) is 4.21. The van der Waals surface area contributed by atoms with Crippen LogP contribution >= 0.6 is 12.2 Å². The molecule has 34 heavy (non-hydrogen) atoms. The molecule has 0 aliphatic carbocycles. The van der Waals surface area contributed by atoms with E-state index in [1.807, 2.05) is 67.7 Å². The molecule has 3 N–H and O–H groups in total. The van der Waals surface area contributed by atoms with E-state index in [-0.39, 0.29) is 5.75 Å². The normalized spacial score (nSPS) is 10.8. The molecular formula is C27H29N3O3S. The van der Waals surface area contributed by atoms with E-state index in [9.17, 15) is 5.11 Å². The summed E-state index contributed by atoms with van der Waals surface area (Å²) in [6, 6.07) is 21.4. The highest BCUT2D eigenvalue weighted by atomic mass is 32.1. The fraction of sp³-hybridized carbons (Fsp3) is 0.222. The van der Waals surface area contributed by atoms with Crippen LogP contribution in [-0.2, 0) is 13.0 Å². The van der Waals surface area contributed by atoms with Gasteiger partial charge in [0.1, 0.15) is 5.75 Å². The number of hydrogen-bond acceptors (Lipinski definition) is 4. The molecule has 0 fully saturated rings. The number of phenols is 1. The average Bonchev–Trinajstić information content (AvgIpc) is 3.26. The van der Waals surface area contributed by atoms with Gasteiger partial charge in [0.2, 0.25) is 0 Å². The molecule has 1 heterocycles. The van der Waals surface area contributed by atoms with Crippen molar-refractivity contribution in [1.82, 2.24) is 9.88 Å². The molecule has 0 spiro atoms. The Morgan fingerprint density at radius 1 is 1.09 bits per heavy atom. The molecule has 0 unspecified atom stereocenters. The standard InChI is InChI=1S/C27H29N3O3S/c1-3-33-26-15-19(9-12-25(26)31)18-30(27(34)29-21-7-5-4-6-8-21)14-13-20-17-28-24-11-10-22(32-2)16-23(20)24/h4-12,15-17,28,31H,3,13-14,18H2,1-2H3,(H,29,34). The molecule has 6 nitrogen and oxygen atoms in total. The van der Waals surface area contributed by atoms with E-state index in [1.165, 1.54) is 5.56 Å². The van der Waals surface area contributed by atoms with Crippen LogP contribution in [0, 0.1) is 0 Å². The number of thiocarbonyl (C=S) groups is 1. The number of nitrogens with zero attached hydrogens (tertiary/aromatic N) is 1. The number of ether oxygens (including phenoxy) is 2. The van der Waals surface area contributed by atoms with Crippen LogP contribution in [0.3, 0.4) is 0 Å². The van der Waals surface area contributed by atoms with Crippen molar-refractivity contribution in [2.75, 3.05) is 25.6 Å². The van der Waals surface area contributed by atoms with Gasteiger partial charge in [-0.3, -0.25) is 0 Å². The van der Waals surface area contributed by atoms with Gasteiger partial charge in [-0.2, -0.15) is 0 Å². The molecule has 0 aliphatic heterocycles. The zero-order valence-electron chi connectivity index (χ0n) is 19.4. The van der Waals surface area contributed by atoms with Gasteiger partial charge in [0.25, 0.3) is 0 Å². The number of aromatic nitrogens is 1. The summed E-state index contributed by atoms with van der Waals surface area (Å²) in [4.78, 5) is 5.47. The van der Waals surface area contributed by atoms with Crippen molar-refractivity contribution in [2.45, 2.75) is 19.9 Å². The maximum atomic E-state index is 10.1. The Kier molecular flexibility index (Phi) is 7.54. The minimum absolute atomic E-state index is 0.134. The van der Waals surface area contributed by atoms with Crippen LogP contribution in [0.4, 0.5) is 5.69 Å². The summed E-state index contributed by atoms with van der Waals surface area (Å²) in [6.45, 7) is 3.66. The van der Waals surface area contributed by atoms with Gasteiger partial charge in [-0.15, -0.1) is 0 Å². The molecule has 0 aliphatic rings. The Hall–Kier alpha value is -3.71. The zero-order chi connectivity index (χ0) is 23.9. The molecule has 176 valence electrons. The van der Waals surface area contributed by atoms with Gasteiger partial charge in [-0.1, -0.05) is 24.3 Å². The summed E-state index contributed by atoms with van der Waals surface area (Å²) in [5, 5.41) is 15.2. The molecule has 0 saturated carbocycles.